The lowest BCUT2D eigenvalue weighted by Crippen LogP contribution is -2.25. The van der Waals surface area contributed by atoms with Gasteiger partial charge in [-0.25, -0.2) is 13.1 Å². The Kier molecular flexibility index (Phi) is 5.36. The molecule has 6 heteroatoms. The van der Waals surface area contributed by atoms with Gasteiger partial charge in [0.2, 0.25) is 10.0 Å². The number of hydrogen-bond donors (Lipinski definition) is 2. The molecule has 0 radical (unpaired) electrons. The van der Waals surface area contributed by atoms with Gasteiger partial charge in [0.15, 0.2) is 0 Å². The maximum Gasteiger partial charge on any atom is 0.303 e. The fourth-order valence-electron chi connectivity index (χ4n) is 2.58. The van der Waals surface area contributed by atoms with E-state index in [-0.39, 0.29) is 6.42 Å². The molecule has 1 aliphatic rings. The first-order valence-corrected chi connectivity index (χ1v) is 8.80. The van der Waals surface area contributed by atoms with Gasteiger partial charge >= 0.3 is 5.97 Å². The lowest BCUT2D eigenvalue weighted by Gasteiger charge is -2.08. The fourth-order valence-corrected chi connectivity index (χ4v) is 3.71. The molecule has 5 nitrogen and oxygen atoms in total. The largest absolute Gasteiger partial charge is 0.481 e. The van der Waals surface area contributed by atoms with E-state index in [0.29, 0.717) is 30.7 Å². The zero-order chi connectivity index (χ0) is 15.3. The van der Waals surface area contributed by atoms with Gasteiger partial charge in [0.25, 0.3) is 0 Å². The first-order valence-electron chi connectivity index (χ1n) is 7.32. The Labute approximate surface area is 125 Å². The first kappa shape index (κ1) is 16.0. The molecule has 2 N–H and O–H groups in total. The van der Waals surface area contributed by atoms with Gasteiger partial charge in [0.05, 0.1) is 4.90 Å². The lowest BCUT2D eigenvalue weighted by atomic mass is 10.1. The molecule has 0 saturated carbocycles. The Balaban J connectivity index is 1.83. The summed E-state index contributed by atoms with van der Waals surface area (Å²) in [7, 11) is -3.45. The van der Waals surface area contributed by atoms with Gasteiger partial charge in [-0.2, -0.15) is 0 Å². The standard InChI is InChI=1S/C15H21NO4S/c17-15(18)7-2-1-3-10-16-21(19,20)14-9-8-12-5-4-6-13(12)11-14/h8-9,11,16H,1-7,10H2,(H,17,18). The molecule has 21 heavy (non-hydrogen) atoms. The highest BCUT2D eigenvalue weighted by atomic mass is 32.2. The van der Waals surface area contributed by atoms with Crippen LogP contribution >= 0.6 is 0 Å². The van der Waals surface area contributed by atoms with Crippen LogP contribution in [0.3, 0.4) is 0 Å². The zero-order valence-electron chi connectivity index (χ0n) is 12.0. The number of aryl methyl sites for hydroxylation is 2. The number of unbranched alkanes of at least 4 members (excludes halogenated alkanes) is 2. The Morgan fingerprint density at radius 1 is 1.14 bits per heavy atom. The molecule has 0 saturated heterocycles. The van der Waals surface area contributed by atoms with Crippen LogP contribution in [0.25, 0.3) is 0 Å². The maximum atomic E-state index is 12.2. The van der Waals surface area contributed by atoms with E-state index in [1.165, 1.54) is 5.56 Å². The molecular weight excluding hydrogens is 290 g/mol. The second-order valence-electron chi connectivity index (χ2n) is 5.39. The summed E-state index contributed by atoms with van der Waals surface area (Å²) in [5.74, 6) is -0.811. The summed E-state index contributed by atoms with van der Waals surface area (Å²) in [4.78, 5) is 10.7. The first-order chi connectivity index (χ1) is 9.99. The Morgan fingerprint density at radius 3 is 2.67 bits per heavy atom. The van der Waals surface area contributed by atoms with Crippen molar-refractivity contribution >= 4 is 16.0 Å². The third-order valence-electron chi connectivity index (χ3n) is 3.74. The summed E-state index contributed by atoms with van der Waals surface area (Å²) < 4.78 is 26.9. The molecule has 0 aromatic heterocycles. The molecule has 0 heterocycles. The molecule has 0 spiro atoms. The molecule has 0 amide bonds. The van der Waals surface area contributed by atoms with Crippen molar-refractivity contribution in [1.82, 2.24) is 4.72 Å². The van der Waals surface area contributed by atoms with Crippen molar-refractivity contribution in [3.63, 3.8) is 0 Å². The van der Waals surface area contributed by atoms with Crippen molar-refractivity contribution in [2.45, 2.75) is 49.8 Å². The molecule has 1 aromatic carbocycles. The van der Waals surface area contributed by atoms with E-state index in [4.69, 9.17) is 5.11 Å². The predicted molar refractivity (Wildman–Crippen MR) is 79.8 cm³/mol. The highest BCUT2D eigenvalue weighted by molar-refractivity contribution is 7.89. The van der Waals surface area contributed by atoms with Gasteiger partial charge < -0.3 is 5.11 Å². The number of rotatable bonds is 8. The van der Waals surface area contributed by atoms with Crippen molar-refractivity contribution in [3.05, 3.63) is 29.3 Å². The van der Waals surface area contributed by atoms with E-state index >= 15 is 0 Å². The third kappa shape index (κ3) is 4.54. The summed E-state index contributed by atoms with van der Waals surface area (Å²) >= 11 is 0. The quantitative estimate of drug-likeness (QED) is 0.720. The summed E-state index contributed by atoms with van der Waals surface area (Å²) in [5, 5.41) is 8.51. The average Bonchev–Trinajstić information content (AvgIpc) is 2.89. The number of hydrogen-bond acceptors (Lipinski definition) is 3. The number of aliphatic carboxylic acids is 1. The minimum Gasteiger partial charge on any atom is -0.481 e. The van der Waals surface area contributed by atoms with Crippen LogP contribution in [0.5, 0.6) is 0 Å². The van der Waals surface area contributed by atoms with Gasteiger partial charge in [-0.1, -0.05) is 12.5 Å². The number of benzene rings is 1. The van der Waals surface area contributed by atoms with Crippen LogP contribution in [0.15, 0.2) is 23.1 Å². The van der Waals surface area contributed by atoms with Crippen LogP contribution in [0.1, 0.15) is 43.2 Å². The average molecular weight is 311 g/mol. The Hall–Kier alpha value is -1.40. The van der Waals surface area contributed by atoms with E-state index < -0.39 is 16.0 Å². The van der Waals surface area contributed by atoms with Crippen LogP contribution in [-0.2, 0) is 27.7 Å². The SMILES string of the molecule is O=C(O)CCCCCNS(=O)(=O)c1ccc2c(c1)CCC2. The van der Waals surface area contributed by atoms with E-state index in [2.05, 4.69) is 4.72 Å². The second kappa shape index (κ2) is 7.04. The molecule has 0 unspecified atom stereocenters. The molecule has 0 atom stereocenters. The third-order valence-corrected chi connectivity index (χ3v) is 5.20. The molecule has 0 aliphatic heterocycles. The van der Waals surface area contributed by atoms with Gasteiger partial charge in [-0.05, 0) is 55.4 Å². The van der Waals surface area contributed by atoms with Crippen molar-refractivity contribution in [2.75, 3.05) is 6.54 Å². The minimum atomic E-state index is -3.45. The van der Waals surface area contributed by atoms with E-state index in [1.54, 1.807) is 12.1 Å². The smallest absolute Gasteiger partial charge is 0.303 e. The molecule has 0 fully saturated rings. The highest BCUT2D eigenvalue weighted by Crippen LogP contribution is 2.24. The molecule has 1 aliphatic carbocycles. The number of sulfonamides is 1. The topological polar surface area (TPSA) is 83.5 Å². The van der Waals surface area contributed by atoms with Crippen LogP contribution < -0.4 is 4.72 Å². The van der Waals surface area contributed by atoms with Gasteiger partial charge in [0, 0.05) is 13.0 Å². The zero-order valence-corrected chi connectivity index (χ0v) is 12.8. The Bertz CT molecular complexity index is 610. The normalized spacial score (nSPS) is 14.1. The lowest BCUT2D eigenvalue weighted by molar-refractivity contribution is -0.137. The minimum absolute atomic E-state index is 0.136. The molecular formula is C15H21NO4S. The Morgan fingerprint density at radius 2 is 1.90 bits per heavy atom. The van der Waals surface area contributed by atoms with E-state index in [1.807, 2.05) is 6.07 Å². The summed E-state index contributed by atoms with van der Waals surface area (Å²) in [6.45, 7) is 0.346. The van der Waals surface area contributed by atoms with Crippen LogP contribution in [-0.4, -0.2) is 26.0 Å². The van der Waals surface area contributed by atoms with Crippen LogP contribution in [0.4, 0.5) is 0 Å². The summed E-state index contributed by atoms with van der Waals surface area (Å²) in [6.07, 6.45) is 5.15. The van der Waals surface area contributed by atoms with E-state index in [9.17, 15) is 13.2 Å². The number of carboxylic acid groups (broad SMARTS) is 1. The van der Waals surface area contributed by atoms with Gasteiger partial charge in [-0.3, -0.25) is 4.79 Å². The fraction of sp³-hybridized carbons (Fsp3) is 0.533. The molecule has 0 bridgehead atoms. The predicted octanol–water partition coefficient (Wildman–Crippen LogP) is 2.10. The number of carbonyl (C=O) groups is 1. The molecule has 1 aromatic rings. The number of fused-ring (bicyclic) bond motifs is 1. The van der Waals surface area contributed by atoms with Gasteiger partial charge in [-0.15, -0.1) is 0 Å². The summed E-state index contributed by atoms with van der Waals surface area (Å²) in [6, 6.07) is 5.34. The molecule has 116 valence electrons. The monoisotopic (exact) mass is 311 g/mol. The van der Waals surface area contributed by atoms with Gasteiger partial charge in [0.1, 0.15) is 0 Å². The molecule has 2 rings (SSSR count). The summed E-state index contributed by atoms with van der Waals surface area (Å²) in [5.41, 5.74) is 2.39. The maximum absolute atomic E-state index is 12.2. The highest BCUT2D eigenvalue weighted by Gasteiger charge is 2.17. The van der Waals surface area contributed by atoms with Crippen molar-refractivity contribution in [1.29, 1.82) is 0 Å². The number of carboxylic acids is 1. The second-order valence-corrected chi connectivity index (χ2v) is 7.15. The van der Waals surface area contributed by atoms with Crippen LogP contribution in [0, 0.1) is 0 Å². The van der Waals surface area contributed by atoms with Crippen molar-refractivity contribution in [3.8, 4) is 0 Å². The number of nitrogens with one attached hydrogen (secondary N) is 1. The van der Waals surface area contributed by atoms with Crippen molar-refractivity contribution < 1.29 is 18.3 Å². The van der Waals surface area contributed by atoms with Crippen LogP contribution in [0.2, 0.25) is 0 Å². The van der Waals surface area contributed by atoms with E-state index in [0.717, 1.165) is 24.8 Å². The van der Waals surface area contributed by atoms with Crippen molar-refractivity contribution in [2.24, 2.45) is 0 Å².